The van der Waals surface area contributed by atoms with E-state index in [4.69, 9.17) is 22.1 Å². The summed E-state index contributed by atoms with van der Waals surface area (Å²) in [5.41, 5.74) is 8.79. The largest absolute Gasteiger partial charge is 0.489 e. The van der Waals surface area contributed by atoms with Gasteiger partial charge in [0.25, 0.3) is 0 Å². The molecule has 0 radical (unpaired) electrons. The highest BCUT2D eigenvalue weighted by atomic mass is 79.9. The zero-order chi connectivity index (χ0) is 13.8. The Hall–Kier alpha value is -1.03. The molecule has 19 heavy (non-hydrogen) atoms. The fourth-order valence-corrected chi connectivity index (χ4v) is 2.47. The third kappa shape index (κ3) is 3.72. The van der Waals surface area contributed by atoms with Crippen LogP contribution in [0.4, 0.5) is 0 Å². The molecule has 2 nitrogen and oxygen atoms in total. The minimum atomic E-state index is 0.438. The van der Waals surface area contributed by atoms with E-state index in [0.717, 1.165) is 31.9 Å². The van der Waals surface area contributed by atoms with E-state index >= 15 is 0 Å². The van der Waals surface area contributed by atoms with Crippen molar-refractivity contribution in [3.63, 3.8) is 0 Å². The smallest absolute Gasteiger partial charge is 0.124 e. The highest BCUT2D eigenvalue weighted by molar-refractivity contribution is 9.10. The summed E-state index contributed by atoms with van der Waals surface area (Å²) in [5, 5.41) is 0.728. The monoisotopic (exact) mass is 339 g/mol. The first-order valence-electron chi connectivity index (χ1n) is 5.96. The van der Waals surface area contributed by atoms with Gasteiger partial charge in [0, 0.05) is 27.2 Å². The molecule has 2 N–H and O–H groups in total. The van der Waals surface area contributed by atoms with Crippen LogP contribution in [-0.2, 0) is 13.2 Å². The van der Waals surface area contributed by atoms with E-state index in [-0.39, 0.29) is 0 Å². The van der Waals surface area contributed by atoms with Crippen LogP contribution in [0.3, 0.4) is 0 Å². The zero-order valence-corrected chi connectivity index (χ0v) is 13.0. The second-order valence-electron chi connectivity index (χ2n) is 4.34. The van der Waals surface area contributed by atoms with Crippen LogP contribution in [0.2, 0.25) is 5.02 Å². The molecule has 0 heterocycles. The van der Waals surface area contributed by atoms with Crippen molar-refractivity contribution in [2.45, 2.75) is 20.1 Å². The molecular formula is C15H15BrClNO. The van der Waals surface area contributed by atoms with E-state index in [1.165, 1.54) is 0 Å². The molecule has 2 rings (SSSR count). The van der Waals surface area contributed by atoms with Crippen LogP contribution in [0.5, 0.6) is 5.75 Å². The number of benzene rings is 2. The van der Waals surface area contributed by atoms with E-state index in [0.29, 0.717) is 13.2 Å². The molecule has 0 amide bonds. The maximum Gasteiger partial charge on any atom is 0.124 e. The molecule has 0 aliphatic heterocycles. The van der Waals surface area contributed by atoms with Gasteiger partial charge in [-0.3, -0.25) is 0 Å². The number of ether oxygens (including phenoxy) is 1. The average molecular weight is 341 g/mol. The summed E-state index contributed by atoms with van der Waals surface area (Å²) in [6, 6.07) is 11.8. The Bertz CT molecular complexity index is 586. The Kier molecular flexibility index (Phi) is 4.86. The molecule has 0 atom stereocenters. The number of nitrogens with two attached hydrogens (primary N) is 1. The van der Waals surface area contributed by atoms with E-state index < -0.39 is 0 Å². The Labute approximate surface area is 126 Å². The normalized spacial score (nSPS) is 10.5. The van der Waals surface area contributed by atoms with Gasteiger partial charge in [-0.25, -0.2) is 0 Å². The highest BCUT2D eigenvalue weighted by Crippen LogP contribution is 2.25. The maximum atomic E-state index is 6.18. The van der Waals surface area contributed by atoms with Gasteiger partial charge in [0.2, 0.25) is 0 Å². The van der Waals surface area contributed by atoms with Crippen LogP contribution in [-0.4, -0.2) is 0 Å². The molecule has 0 spiro atoms. The lowest BCUT2D eigenvalue weighted by atomic mass is 10.1. The van der Waals surface area contributed by atoms with Crippen LogP contribution < -0.4 is 10.5 Å². The molecular weight excluding hydrogens is 326 g/mol. The number of halogens is 2. The van der Waals surface area contributed by atoms with Crippen LogP contribution in [0.25, 0.3) is 0 Å². The number of rotatable bonds is 4. The zero-order valence-electron chi connectivity index (χ0n) is 10.6. The lowest BCUT2D eigenvalue weighted by Gasteiger charge is -2.12. The number of aryl methyl sites for hydroxylation is 1. The van der Waals surface area contributed by atoms with Crippen molar-refractivity contribution < 1.29 is 4.74 Å². The van der Waals surface area contributed by atoms with Gasteiger partial charge in [-0.2, -0.15) is 0 Å². The predicted molar refractivity (Wildman–Crippen MR) is 82.6 cm³/mol. The van der Waals surface area contributed by atoms with Gasteiger partial charge >= 0.3 is 0 Å². The van der Waals surface area contributed by atoms with Crippen molar-refractivity contribution in [2.75, 3.05) is 0 Å². The van der Waals surface area contributed by atoms with E-state index in [2.05, 4.69) is 15.9 Å². The predicted octanol–water partition coefficient (Wildman–Crippen LogP) is 4.45. The summed E-state index contributed by atoms with van der Waals surface area (Å²) >= 11 is 9.60. The van der Waals surface area contributed by atoms with Crippen molar-refractivity contribution in [3.05, 3.63) is 62.6 Å². The van der Waals surface area contributed by atoms with Gasteiger partial charge in [-0.1, -0.05) is 39.7 Å². The molecule has 2 aromatic carbocycles. The molecule has 0 fully saturated rings. The van der Waals surface area contributed by atoms with Crippen molar-refractivity contribution in [1.82, 2.24) is 0 Å². The van der Waals surface area contributed by atoms with E-state index in [1.807, 2.05) is 43.3 Å². The fraction of sp³-hybridized carbons (Fsp3) is 0.200. The van der Waals surface area contributed by atoms with Crippen LogP contribution >= 0.6 is 27.5 Å². The summed E-state index contributed by atoms with van der Waals surface area (Å²) in [6.07, 6.45) is 0. The third-order valence-corrected chi connectivity index (χ3v) is 3.68. The minimum absolute atomic E-state index is 0.438. The maximum absolute atomic E-state index is 6.18. The van der Waals surface area contributed by atoms with Crippen molar-refractivity contribution >= 4 is 27.5 Å². The number of hydrogen-bond acceptors (Lipinski definition) is 2. The van der Waals surface area contributed by atoms with Crippen molar-refractivity contribution in [2.24, 2.45) is 5.73 Å². The van der Waals surface area contributed by atoms with Crippen LogP contribution in [0.15, 0.2) is 40.9 Å². The summed E-state index contributed by atoms with van der Waals surface area (Å²) in [6.45, 7) is 2.89. The first-order valence-corrected chi connectivity index (χ1v) is 7.13. The van der Waals surface area contributed by atoms with Crippen LogP contribution in [0, 0.1) is 6.92 Å². The van der Waals surface area contributed by atoms with E-state index in [9.17, 15) is 0 Å². The Morgan fingerprint density at radius 1 is 1.16 bits per heavy atom. The van der Waals surface area contributed by atoms with Gasteiger partial charge < -0.3 is 10.5 Å². The molecule has 0 aromatic heterocycles. The van der Waals surface area contributed by atoms with E-state index in [1.54, 1.807) is 0 Å². The van der Waals surface area contributed by atoms with Gasteiger partial charge in [0.15, 0.2) is 0 Å². The summed E-state index contributed by atoms with van der Waals surface area (Å²) in [4.78, 5) is 0. The van der Waals surface area contributed by atoms with Gasteiger partial charge in [0.1, 0.15) is 12.4 Å². The Morgan fingerprint density at radius 3 is 2.63 bits per heavy atom. The van der Waals surface area contributed by atoms with Gasteiger partial charge in [-0.15, -0.1) is 0 Å². The molecule has 0 saturated heterocycles. The molecule has 0 bridgehead atoms. The third-order valence-electron chi connectivity index (χ3n) is 2.83. The lowest BCUT2D eigenvalue weighted by molar-refractivity contribution is 0.303. The number of hydrogen-bond donors (Lipinski definition) is 1. The lowest BCUT2D eigenvalue weighted by Crippen LogP contribution is -2.03. The highest BCUT2D eigenvalue weighted by Gasteiger charge is 2.06. The first-order chi connectivity index (χ1) is 9.10. The fourth-order valence-electron chi connectivity index (χ4n) is 1.77. The summed E-state index contributed by atoms with van der Waals surface area (Å²) in [5.74, 6) is 0.794. The molecule has 100 valence electrons. The molecule has 0 aliphatic carbocycles. The Morgan fingerprint density at radius 2 is 1.95 bits per heavy atom. The minimum Gasteiger partial charge on any atom is -0.489 e. The second kappa shape index (κ2) is 6.42. The molecule has 4 heteroatoms. The van der Waals surface area contributed by atoms with Gasteiger partial charge in [0.05, 0.1) is 0 Å². The summed E-state index contributed by atoms with van der Waals surface area (Å²) in [7, 11) is 0. The Balaban J connectivity index is 2.14. The molecule has 0 aliphatic rings. The standard InChI is InChI=1S/C15H15BrClNO/c1-10-2-3-11(14(17)6-10)9-19-15-5-4-13(16)7-12(15)8-18/h2-7H,8-9,18H2,1H3. The SMILES string of the molecule is Cc1ccc(COc2ccc(Br)cc2CN)c(Cl)c1. The van der Waals surface area contributed by atoms with Crippen LogP contribution in [0.1, 0.15) is 16.7 Å². The topological polar surface area (TPSA) is 35.2 Å². The van der Waals surface area contributed by atoms with Crippen molar-refractivity contribution in [1.29, 1.82) is 0 Å². The molecule has 2 aromatic rings. The quantitative estimate of drug-likeness (QED) is 0.892. The molecule has 0 unspecified atom stereocenters. The molecule has 0 saturated carbocycles. The average Bonchev–Trinajstić information content (AvgIpc) is 2.39. The second-order valence-corrected chi connectivity index (χ2v) is 5.66. The van der Waals surface area contributed by atoms with Crippen molar-refractivity contribution in [3.8, 4) is 5.75 Å². The summed E-state index contributed by atoms with van der Waals surface area (Å²) < 4.78 is 6.80. The van der Waals surface area contributed by atoms with Gasteiger partial charge in [-0.05, 0) is 36.8 Å². The first kappa shape index (κ1) is 14.4.